The predicted molar refractivity (Wildman–Crippen MR) is 101 cm³/mol. The highest BCUT2D eigenvalue weighted by molar-refractivity contribution is 8.00. The zero-order valence-electron chi connectivity index (χ0n) is 13.9. The van der Waals surface area contributed by atoms with Crippen molar-refractivity contribution in [1.29, 1.82) is 0 Å². The Morgan fingerprint density at radius 3 is 2.84 bits per heavy atom. The van der Waals surface area contributed by atoms with Gasteiger partial charge in [-0.3, -0.25) is 10.1 Å². The summed E-state index contributed by atoms with van der Waals surface area (Å²) in [5.74, 6) is 0.137. The van der Waals surface area contributed by atoms with Gasteiger partial charge in [0.25, 0.3) is 0 Å². The van der Waals surface area contributed by atoms with E-state index in [0.717, 1.165) is 29.2 Å². The molecule has 0 radical (unpaired) electrons. The number of amides is 1. The molecule has 1 amide bonds. The lowest BCUT2D eigenvalue weighted by molar-refractivity contribution is -0.115. The van der Waals surface area contributed by atoms with Crippen LogP contribution in [0.2, 0.25) is 5.02 Å². The molecule has 3 rings (SSSR count). The largest absolute Gasteiger partial charge is 0.319 e. The van der Waals surface area contributed by atoms with E-state index in [1.807, 2.05) is 25.1 Å². The summed E-state index contributed by atoms with van der Waals surface area (Å²) < 4.78 is 2.12. The van der Waals surface area contributed by atoms with Crippen LogP contribution in [0.5, 0.6) is 0 Å². The molecule has 0 aliphatic rings. The van der Waals surface area contributed by atoms with Gasteiger partial charge in [0.2, 0.25) is 11.9 Å². The van der Waals surface area contributed by atoms with Gasteiger partial charge in [-0.05, 0) is 37.6 Å². The number of rotatable bonds is 6. The first-order valence-corrected chi connectivity index (χ1v) is 9.24. The summed E-state index contributed by atoms with van der Waals surface area (Å²) in [4.78, 5) is 25.1. The lowest BCUT2D eigenvalue weighted by Gasteiger charge is -2.12. The quantitative estimate of drug-likeness (QED) is 0.659. The Labute approximate surface area is 155 Å². The average molecular weight is 376 g/mol. The molecule has 0 aliphatic heterocycles. The molecule has 0 saturated carbocycles. The van der Waals surface area contributed by atoms with Crippen molar-refractivity contribution in [2.24, 2.45) is 0 Å². The minimum Gasteiger partial charge on any atom is -0.319 e. The monoisotopic (exact) mass is 375 g/mol. The van der Waals surface area contributed by atoms with Crippen molar-refractivity contribution in [3.63, 3.8) is 0 Å². The second kappa shape index (κ2) is 7.84. The molecule has 1 N–H and O–H groups in total. The van der Waals surface area contributed by atoms with Gasteiger partial charge in [0.1, 0.15) is 0 Å². The molecule has 25 heavy (non-hydrogen) atoms. The first kappa shape index (κ1) is 17.7. The van der Waals surface area contributed by atoms with E-state index >= 15 is 0 Å². The molecule has 1 aromatic carbocycles. The smallest absolute Gasteiger partial charge is 0.240 e. The number of fused-ring (bicyclic) bond motifs is 1. The Morgan fingerprint density at radius 2 is 2.12 bits per heavy atom. The number of thioether (sulfide) groups is 1. The molecule has 2 heterocycles. The highest BCUT2D eigenvalue weighted by Gasteiger charge is 2.20. The molecule has 130 valence electrons. The van der Waals surface area contributed by atoms with Gasteiger partial charge in [0.05, 0.1) is 16.3 Å². The fourth-order valence-corrected chi connectivity index (χ4v) is 3.51. The van der Waals surface area contributed by atoms with E-state index in [1.165, 1.54) is 11.8 Å². The van der Waals surface area contributed by atoms with Crippen LogP contribution in [0.4, 0.5) is 5.95 Å². The summed E-state index contributed by atoms with van der Waals surface area (Å²) in [5.41, 5.74) is 1.86. The Balaban J connectivity index is 1.81. The minimum absolute atomic E-state index is 0.163. The maximum absolute atomic E-state index is 12.4. The number of halogens is 1. The summed E-state index contributed by atoms with van der Waals surface area (Å²) in [6.45, 7) is 4.78. The molecule has 0 aliphatic carbocycles. The second-order valence-electron chi connectivity index (χ2n) is 5.50. The lowest BCUT2D eigenvalue weighted by atomic mass is 10.3. The fourth-order valence-electron chi connectivity index (χ4n) is 2.40. The van der Waals surface area contributed by atoms with E-state index in [-0.39, 0.29) is 11.2 Å². The van der Waals surface area contributed by atoms with E-state index in [4.69, 9.17) is 11.6 Å². The van der Waals surface area contributed by atoms with E-state index < -0.39 is 0 Å². The highest BCUT2D eigenvalue weighted by atomic mass is 35.5. The number of carbonyl (C=O) groups excluding carboxylic acids is 1. The van der Waals surface area contributed by atoms with Crippen LogP contribution in [-0.2, 0) is 11.3 Å². The molecule has 8 heteroatoms. The number of imidazole rings is 1. The molecule has 2 aromatic heterocycles. The van der Waals surface area contributed by atoms with Gasteiger partial charge in [-0.1, -0.05) is 30.3 Å². The van der Waals surface area contributed by atoms with Crippen LogP contribution in [0.1, 0.15) is 20.3 Å². The number of carbonyl (C=O) groups is 1. The van der Waals surface area contributed by atoms with Crippen molar-refractivity contribution < 1.29 is 4.79 Å². The van der Waals surface area contributed by atoms with Crippen molar-refractivity contribution in [3.8, 4) is 0 Å². The average Bonchev–Trinajstić information content (AvgIpc) is 2.92. The highest BCUT2D eigenvalue weighted by Crippen LogP contribution is 2.29. The van der Waals surface area contributed by atoms with E-state index in [2.05, 4.69) is 31.8 Å². The summed E-state index contributed by atoms with van der Waals surface area (Å²) >= 11 is 7.48. The summed E-state index contributed by atoms with van der Waals surface area (Å²) in [6.07, 6.45) is 4.15. The zero-order valence-corrected chi connectivity index (χ0v) is 15.5. The maximum atomic E-state index is 12.4. The third-order valence-corrected chi connectivity index (χ3v) is 4.90. The Kier molecular flexibility index (Phi) is 5.55. The Bertz CT molecular complexity index is 883. The summed E-state index contributed by atoms with van der Waals surface area (Å²) in [6, 6.07) is 7.36. The van der Waals surface area contributed by atoms with Crippen molar-refractivity contribution in [2.75, 3.05) is 5.32 Å². The number of anilines is 1. The van der Waals surface area contributed by atoms with Crippen LogP contribution in [0, 0.1) is 0 Å². The third-order valence-electron chi connectivity index (χ3n) is 3.57. The number of nitrogens with one attached hydrogen (secondary N) is 1. The Morgan fingerprint density at radius 1 is 1.36 bits per heavy atom. The molecular weight excluding hydrogens is 358 g/mol. The van der Waals surface area contributed by atoms with Crippen LogP contribution >= 0.6 is 23.4 Å². The number of aromatic nitrogens is 4. The molecule has 3 aromatic rings. The molecule has 6 nitrogen and oxygen atoms in total. The summed E-state index contributed by atoms with van der Waals surface area (Å²) in [7, 11) is 0. The Hall–Kier alpha value is -2.12. The van der Waals surface area contributed by atoms with Gasteiger partial charge < -0.3 is 4.57 Å². The van der Waals surface area contributed by atoms with Crippen LogP contribution in [-0.4, -0.2) is 30.7 Å². The lowest BCUT2D eigenvalue weighted by Crippen LogP contribution is -2.24. The minimum atomic E-state index is -0.341. The molecule has 0 bridgehead atoms. The zero-order chi connectivity index (χ0) is 17.8. The number of nitrogens with zero attached hydrogens (tertiary/aromatic N) is 4. The van der Waals surface area contributed by atoms with Crippen LogP contribution in [0.3, 0.4) is 0 Å². The van der Waals surface area contributed by atoms with Gasteiger partial charge in [-0.25, -0.2) is 15.0 Å². The van der Waals surface area contributed by atoms with Crippen LogP contribution < -0.4 is 5.32 Å². The molecule has 0 spiro atoms. The van der Waals surface area contributed by atoms with Gasteiger partial charge in [0.15, 0.2) is 5.16 Å². The summed E-state index contributed by atoms with van der Waals surface area (Å²) in [5, 5.41) is 3.83. The number of hydrogen-bond acceptors (Lipinski definition) is 5. The van der Waals surface area contributed by atoms with E-state index in [1.54, 1.807) is 18.5 Å². The molecule has 0 saturated heterocycles. The van der Waals surface area contributed by atoms with Crippen molar-refractivity contribution >= 4 is 46.3 Å². The van der Waals surface area contributed by atoms with Gasteiger partial charge >= 0.3 is 0 Å². The maximum Gasteiger partial charge on any atom is 0.240 e. The number of hydrogen-bond donors (Lipinski definition) is 1. The van der Waals surface area contributed by atoms with Crippen molar-refractivity contribution in [1.82, 2.24) is 19.5 Å². The normalized spacial score (nSPS) is 12.3. The number of aryl methyl sites for hydroxylation is 1. The van der Waals surface area contributed by atoms with E-state index in [9.17, 15) is 4.79 Å². The van der Waals surface area contributed by atoms with Crippen LogP contribution in [0.25, 0.3) is 11.0 Å². The molecule has 1 unspecified atom stereocenters. The van der Waals surface area contributed by atoms with Crippen molar-refractivity contribution in [2.45, 2.75) is 37.2 Å². The second-order valence-corrected chi connectivity index (χ2v) is 7.25. The standard InChI is InChI=1S/C17H18ClN5OS/c1-3-9-23-14-6-5-12(18)10-13(14)21-17(23)25-11(2)15(24)22-16-19-7-4-8-20-16/h4-8,10-11H,3,9H2,1-2H3,(H,19,20,22,24). The predicted octanol–water partition coefficient (Wildman–Crippen LogP) is 4.01. The number of benzene rings is 1. The third kappa shape index (κ3) is 4.11. The topological polar surface area (TPSA) is 72.7 Å². The van der Waals surface area contributed by atoms with Gasteiger partial charge in [-0.15, -0.1) is 0 Å². The molecular formula is C17H18ClN5OS. The first-order valence-electron chi connectivity index (χ1n) is 7.99. The van der Waals surface area contributed by atoms with Gasteiger partial charge in [0, 0.05) is 24.0 Å². The van der Waals surface area contributed by atoms with E-state index in [0.29, 0.717) is 11.0 Å². The van der Waals surface area contributed by atoms with Crippen LogP contribution in [0.15, 0.2) is 41.8 Å². The molecule has 1 atom stereocenters. The molecule has 0 fully saturated rings. The first-order chi connectivity index (χ1) is 12.1. The van der Waals surface area contributed by atoms with Gasteiger partial charge in [-0.2, -0.15) is 0 Å². The fraction of sp³-hybridized carbons (Fsp3) is 0.294. The SMILES string of the molecule is CCCn1c(SC(C)C(=O)Nc2ncccn2)nc2cc(Cl)ccc21. The van der Waals surface area contributed by atoms with Crippen molar-refractivity contribution in [3.05, 3.63) is 41.7 Å².